The first-order valence-corrected chi connectivity index (χ1v) is 13.8. The summed E-state index contributed by atoms with van der Waals surface area (Å²) in [5.74, 6) is -1.46. The number of hydrogen-bond acceptors (Lipinski definition) is 5. The Bertz CT molecular complexity index is 1460. The summed E-state index contributed by atoms with van der Waals surface area (Å²) in [5, 5.41) is 6.08. The molecule has 1 saturated carbocycles. The lowest BCUT2D eigenvalue weighted by Crippen LogP contribution is -2.44. The summed E-state index contributed by atoms with van der Waals surface area (Å²) >= 11 is 0. The predicted molar refractivity (Wildman–Crippen MR) is 151 cm³/mol. The van der Waals surface area contributed by atoms with Crippen molar-refractivity contribution in [3.8, 4) is 11.1 Å². The molecule has 0 bridgehead atoms. The topological polar surface area (TPSA) is 80.5 Å². The van der Waals surface area contributed by atoms with Crippen LogP contribution < -0.4 is 21.1 Å². The van der Waals surface area contributed by atoms with Gasteiger partial charge in [-0.25, -0.2) is 4.39 Å². The number of carbonyl (C=O) groups excluding carboxylic acids is 1. The van der Waals surface area contributed by atoms with Crippen LogP contribution >= 0.6 is 0 Å². The molecule has 218 valence electrons. The summed E-state index contributed by atoms with van der Waals surface area (Å²) in [6.45, 7) is 3.37. The van der Waals surface area contributed by atoms with Crippen molar-refractivity contribution in [1.82, 2.24) is 15.2 Å². The lowest BCUT2D eigenvalue weighted by molar-refractivity contribution is -0.138. The van der Waals surface area contributed by atoms with Crippen molar-refractivity contribution in [1.29, 1.82) is 0 Å². The Morgan fingerprint density at radius 2 is 1.76 bits per heavy atom. The molecule has 2 aliphatic rings. The van der Waals surface area contributed by atoms with Crippen LogP contribution in [0.2, 0.25) is 0 Å². The van der Waals surface area contributed by atoms with Gasteiger partial charge in [0.25, 0.3) is 5.91 Å². The first-order valence-electron chi connectivity index (χ1n) is 13.8. The number of pyridine rings is 1. The number of rotatable bonds is 7. The molecule has 1 aliphatic heterocycles. The van der Waals surface area contributed by atoms with E-state index in [1.807, 2.05) is 18.0 Å². The summed E-state index contributed by atoms with van der Waals surface area (Å²) in [7, 11) is 1.99. The number of anilines is 2. The standard InChI is InChI=1S/C30H33F4N5O2/c1-38-10-12-39(13-11-38)27-9-7-20(22-8-6-19(14-25(22)31)17-35-21-4-2-3-5-21)15-26(27)37-29(41)23-18-36-28(40)16-24(23)30(32,33)34/h6-9,14-16,18,21,35H,2-5,10-13,17H2,1H3,(H,36,40)(H,37,41). The van der Waals surface area contributed by atoms with Crippen LogP contribution in [0.15, 0.2) is 53.5 Å². The minimum Gasteiger partial charge on any atom is -0.367 e. The second kappa shape index (κ2) is 12.0. The largest absolute Gasteiger partial charge is 0.417 e. The van der Waals surface area contributed by atoms with Crippen LogP contribution in [0.25, 0.3) is 11.1 Å². The van der Waals surface area contributed by atoms with Gasteiger partial charge in [-0.05, 0) is 49.2 Å². The first-order chi connectivity index (χ1) is 19.6. The molecule has 7 nitrogen and oxygen atoms in total. The van der Waals surface area contributed by atoms with Gasteiger partial charge in [-0.2, -0.15) is 13.2 Å². The Balaban J connectivity index is 1.46. The molecule has 2 aromatic carbocycles. The highest BCUT2D eigenvalue weighted by Crippen LogP contribution is 2.35. The van der Waals surface area contributed by atoms with Crippen molar-refractivity contribution in [2.45, 2.75) is 44.4 Å². The molecule has 1 aromatic heterocycles. The van der Waals surface area contributed by atoms with Gasteiger partial charge in [0.15, 0.2) is 0 Å². The predicted octanol–water partition coefficient (Wildman–Crippen LogP) is 5.24. The summed E-state index contributed by atoms with van der Waals surface area (Å²) in [6.07, 6.45) is 0.510. The highest BCUT2D eigenvalue weighted by Gasteiger charge is 2.36. The van der Waals surface area contributed by atoms with E-state index in [-0.39, 0.29) is 5.69 Å². The fourth-order valence-electron chi connectivity index (χ4n) is 5.51. The lowest BCUT2D eigenvalue weighted by Gasteiger charge is -2.35. The minimum atomic E-state index is -4.90. The smallest absolute Gasteiger partial charge is 0.367 e. The van der Waals surface area contributed by atoms with Crippen molar-refractivity contribution in [3.63, 3.8) is 0 Å². The van der Waals surface area contributed by atoms with E-state index in [2.05, 4.69) is 20.5 Å². The number of piperazine rings is 1. The van der Waals surface area contributed by atoms with Gasteiger partial charge in [0.05, 0.1) is 22.5 Å². The molecule has 2 heterocycles. The van der Waals surface area contributed by atoms with Crippen LogP contribution in [0.5, 0.6) is 0 Å². The van der Waals surface area contributed by atoms with E-state index in [0.29, 0.717) is 48.6 Å². The summed E-state index contributed by atoms with van der Waals surface area (Å²) < 4.78 is 56.3. The number of H-pyrrole nitrogens is 1. The molecular formula is C30H33F4N5O2. The van der Waals surface area contributed by atoms with Gasteiger partial charge >= 0.3 is 6.18 Å². The highest BCUT2D eigenvalue weighted by atomic mass is 19.4. The SMILES string of the molecule is CN1CCN(c2ccc(-c3ccc(CNC4CCCC4)cc3F)cc2NC(=O)c2c[nH]c(=O)cc2C(F)(F)F)CC1. The van der Waals surface area contributed by atoms with E-state index in [4.69, 9.17) is 0 Å². The fraction of sp³-hybridized carbons (Fsp3) is 0.400. The van der Waals surface area contributed by atoms with Gasteiger partial charge in [0, 0.05) is 56.6 Å². The van der Waals surface area contributed by atoms with E-state index < -0.39 is 34.6 Å². The Morgan fingerprint density at radius 3 is 2.44 bits per heavy atom. The van der Waals surface area contributed by atoms with Crippen molar-refractivity contribution in [2.24, 2.45) is 0 Å². The van der Waals surface area contributed by atoms with E-state index >= 15 is 4.39 Å². The van der Waals surface area contributed by atoms with Gasteiger partial charge in [0.1, 0.15) is 5.82 Å². The second-order valence-corrected chi connectivity index (χ2v) is 10.8. The van der Waals surface area contributed by atoms with E-state index in [1.165, 1.54) is 18.9 Å². The number of halogens is 4. The molecule has 0 radical (unpaired) electrons. The van der Waals surface area contributed by atoms with Crippen LogP contribution in [-0.4, -0.2) is 55.1 Å². The third-order valence-electron chi connectivity index (χ3n) is 7.86. The Labute approximate surface area is 235 Å². The normalized spacial score (nSPS) is 16.8. The maximum atomic E-state index is 15.3. The zero-order valence-corrected chi connectivity index (χ0v) is 22.8. The molecular weight excluding hydrogens is 538 g/mol. The molecule has 11 heteroatoms. The van der Waals surface area contributed by atoms with Crippen LogP contribution in [0.3, 0.4) is 0 Å². The monoisotopic (exact) mass is 571 g/mol. The van der Waals surface area contributed by atoms with Gasteiger partial charge in [-0.3, -0.25) is 9.59 Å². The Kier molecular flexibility index (Phi) is 8.46. The van der Waals surface area contributed by atoms with Crippen LogP contribution in [0, 0.1) is 5.82 Å². The maximum Gasteiger partial charge on any atom is 0.417 e. The summed E-state index contributed by atoms with van der Waals surface area (Å²) in [6, 6.07) is 10.9. The highest BCUT2D eigenvalue weighted by molar-refractivity contribution is 6.07. The first kappa shape index (κ1) is 28.8. The third kappa shape index (κ3) is 6.79. The quantitative estimate of drug-likeness (QED) is 0.338. The molecule has 1 amide bonds. The number of hydrogen-bond donors (Lipinski definition) is 3. The van der Waals surface area contributed by atoms with Crippen molar-refractivity contribution < 1.29 is 22.4 Å². The Morgan fingerprint density at radius 1 is 1.02 bits per heavy atom. The maximum absolute atomic E-state index is 15.3. The second-order valence-electron chi connectivity index (χ2n) is 10.8. The Hall–Kier alpha value is -3.70. The number of likely N-dealkylation sites (N-methyl/N-ethyl adjacent to an activating group) is 1. The molecule has 1 saturated heterocycles. The summed E-state index contributed by atoms with van der Waals surface area (Å²) in [4.78, 5) is 31.1. The lowest BCUT2D eigenvalue weighted by atomic mass is 10.0. The third-order valence-corrected chi connectivity index (χ3v) is 7.86. The van der Waals surface area contributed by atoms with Crippen LogP contribution in [0.1, 0.15) is 47.2 Å². The molecule has 41 heavy (non-hydrogen) atoms. The van der Waals surface area contributed by atoms with Gasteiger partial charge in [-0.15, -0.1) is 0 Å². The zero-order chi connectivity index (χ0) is 29.1. The van der Waals surface area contributed by atoms with Gasteiger partial charge < -0.3 is 25.4 Å². The number of aromatic nitrogens is 1. The number of aromatic amines is 1. The van der Waals surface area contributed by atoms with Crippen LogP contribution in [0.4, 0.5) is 28.9 Å². The van der Waals surface area contributed by atoms with Gasteiger partial charge in [0.2, 0.25) is 5.56 Å². The summed E-state index contributed by atoms with van der Waals surface area (Å²) in [5.41, 5.74) is -0.529. The van der Waals surface area contributed by atoms with Gasteiger partial charge in [-0.1, -0.05) is 31.0 Å². The van der Waals surface area contributed by atoms with Crippen molar-refractivity contribution in [3.05, 3.63) is 81.5 Å². The number of nitrogens with zero attached hydrogens (tertiary/aromatic N) is 2. The molecule has 2 fully saturated rings. The average molecular weight is 572 g/mol. The number of amides is 1. The molecule has 1 aliphatic carbocycles. The molecule has 5 rings (SSSR count). The molecule has 3 aromatic rings. The minimum absolute atomic E-state index is 0.253. The fourth-order valence-corrected chi connectivity index (χ4v) is 5.51. The average Bonchev–Trinajstić information content (AvgIpc) is 3.46. The van der Waals surface area contributed by atoms with E-state index in [0.717, 1.165) is 37.7 Å². The van der Waals surface area contributed by atoms with E-state index in [9.17, 15) is 22.8 Å². The molecule has 0 spiro atoms. The molecule has 3 N–H and O–H groups in total. The van der Waals surface area contributed by atoms with Crippen molar-refractivity contribution >= 4 is 17.3 Å². The molecule has 0 unspecified atom stereocenters. The molecule has 0 atom stereocenters. The van der Waals surface area contributed by atoms with E-state index in [1.54, 1.807) is 24.3 Å². The number of benzene rings is 2. The van der Waals surface area contributed by atoms with Crippen molar-refractivity contribution in [2.75, 3.05) is 43.4 Å². The zero-order valence-electron chi connectivity index (χ0n) is 22.8. The number of carbonyl (C=O) groups is 1. The van der Waals surface area contributed by atoms with Crippen LogP contribution in [-0.2, 0) is 12.7 Å². The number of nitrogens with one attached hydrogen (secondary N) is 3. The number of alkyl halides is 3.